The molecule has 9 nitrogen and oxygen atoms in total. The summed E-state index contributed by atoms with van der Waals surface area (Å²) in [5.41, 5.74) is 2.37. The smallest absolute Gasteiger partial charge is 0.251 e. The number of benzene rings is 2. The van der Waals surface area contributed by atoms with E-state index < -0.39 is 6.04 Å². The van der Waals surface area contributed by atoms with Crippen LogP contribution >= 0.6 is 22.9 Å². The van der Waals surface area contributed by atoms with Crippen LogP contribution in [-0.2, 0) is 20.9 Å². The first-order valence-corrected chi connectivity index (χ1v) is 13.6. The van der Waals surface area contributed by atoms with E-state index in [1.54, 1.807) is 24.3 Å². The molecule has 11 heteroatoms. The van der Waals surface area contributed by atoms with E-state index in [4.69, 9.17) is 16.3 Å². The van der Waals surface area contributed by atoms with Gasteiger partial charge in [0, 0.05) is 34.3 Å². The lowest BCUT2D eigenvalue weighted by atomic mass is 10.1. The molecular formula is C27H27ClN6O3S. The second-order valence-corrected chi connectivity index (χ2v) is 10.5. The Morgan fingerprint density at radius 3 is 2.66 bits per heavy atom. The molecule has 2 aromatic heterocycles. The van der Waals surface area contributed by atoms with Gasteiger partial charge in [-0.25, -0.2) is 0 Å². The number of aromatic nitrogens is 4. The first kappa shape index (κ1) is 26.0. The van der Waals surface area contributed by atoms with E-state index in [9.17, 15) is 9.59 Å². The topological polar surface area (TPSA) is 102 Å². The number of thiophene rings is 1. The minimum atomic E-state index is -0.870. The van der Waals surface area contributed by atoms with Gasteiger partial charge in [-0.05, 0) is 72.8 Å². The minimum Gasteiger partial charge on any atom is -0.376 e. The fraction of sp³-hybridized carbons (Fsp3) is 0.296. The van der Waals surface area contributed by atoms with Crippen LogP contribution in [0.5, 0.6) is 0 Å². The minimum absolute atomic E-state index is 0.0166. The number of carbonyl (C=O) groups excluding carboxylic acids is 2. The van der Waals surface area contributed by atoms with Gasteiger partial charge < -0.3 is 10.1 Å². The van der Waals surface area contributed by atoms with Crippen LogP contribution in [0.15, 0.2) is 66.0 Å². The summed E-state index contributed by atoms with van der Waals surface area (Å²) in [5.74, 6) is -0.245. The van der Waals surface area contributed by atoms with Crippen LogP contribution < -0.4 is 10.2 Å². The molecule has 1 saturated heterocycles. The molecule has 0 radical (unpaired) electrons. The summed E-state index contributed by atoms with van der Waals surface area (Å²) in [6.45, 7) is 2.87. The van der Waals surface area contributed by atoms with Crippen molar-refractivity contribution >= 4 is 40.4 Å². The Morgan fingerprint density at radius 1 is 1.18 bits per heavy atom. The molecule has 4 aromatic rings. The second-order valence-electron chi connectivity index (χ2n) is 9.05. The van der Waals surface area contributed by atoms with Crippen LogP contribution in [0.2, 0.25) is 5.02 Å². The molecule has 0 spiro atoms. The Kier molecular flexibility index (Phi) is 8.11. The van der Waals surface area contributed by atoms with Gasteiger partial charge in [-0.15, -0.1) is 21.5 Å². The number of ether oxygens (including phenoxy) is 1. The molecule has 0 unspecified atom stereocenters. The van der Waals surface area contributed by atoms with Crippen molar-refractivity contribution in [3.05, 3.63) is 81.5 Å². The summed E-state index contributed by atoms with van der Waals surface area (Å²) in [4.78, 5) is 31.0. The third-order valence-electron chi connectivity index (χ3n) is 6.26. The molecule has 5 rings (SSSR count). The van der Waals surface area contributed by atoms with Crippen LogP contribution in [0.25, 0.3) is 11.4 Å². The van der Waals surface area contributed by atoms with Gasteiger partial charge in [0.1, 0.15) is 12.6 Å². The van der Waals surface area contributed by atoms with Gasteiger partial charge in [-0.3, -0.25) is 14.5 Å². The van der Waals surface area contributed by atoms with E-state index in [0.29, 0.717) is 29.7 Å². The van der Waals surface area contributed by atoms with Crippen molar-refractivity contribution in [1.82, 2.24) is 25.5 Å². The van der Waals surface area contributed by atoms with Crippen molar-refractivity contribution in [2.75, 3.05) is 18.1 Å². The predicted molar refractivity (Wildman–Crippen MR) is 146 cm³/mol. The van der Waals surface area contributed by atoms with Crippen LogP contribution in [0.3, 0.4) is 0 Å². The number of nitrogens with zero attached hydrogens (tertiary/aromatic N) is 5. The van der Waals surface area contributed by atoms with Crippen molar-refractivity contribution in [2.45, 2.75) is 38.5 Å². The average molecular weight is 551 g/mol. The number of hydrogen-bond acceptors (Lipinski definition) is 7. The van der Waals surface area contributed by atoms with Crippen LogP contribution in [0.4, 0.5) is 5.69 Å². The highest BCUT2D eigenvalue weighted by Gasteiger charge is 2.34. The zero-order valence-electron chi connectivity index (χ0n) is 20.8. The number of tetrazole rings is 1. The molecule has 0 saturated carbocycles. The molecule has 1 N–H and O–H groups in total. The number of halogens is 1. The summed E-state index contributed by atoms with van der Waals surface area (Å²) >= 11 is 7.40. The quantitative estimate of drug-likeness (QED) is 0.331. The molecule has 0 bridgehead atoms. The average Bonchev–Trinajstić information content (AvgIpc) is 3.71. The number of anilines is 1. The van der Waals surface area contributed by atoms with Crippen molar-refractivity contribution in [1.29, 1.82) is 0 Å². The zero-order chi connectivity index (χ0) is 26.5. The second kappa shape index (κ2) is 11.8. The van der Waals surface area contributed by atoms with Crippen LogP contribution in [0, 0.1) is 6.92 Å². The van der Waals surface area contributed by atoms with Gasteiger partial charge in [0.15, 0.2) is 0 Å². The molecule has 2 aromatic carbocycles. The van der Waals surface area contributed by atoms with E-state index in [-0.39, 0.29) is 24.5 Å². The lowest BCUT2D eigenvalue weighted by Gasteiger charge is -2.31. The summed E-state index contributed by atoms with van der Waals surface area (Å²) in [5, 5.41) is 18.1. The molecule has 1 fully saturated rings. The standard InChI is InChI=1S/C27H27ClN6O3S/c1-18-6-12-21(13-7-18)34(24(35)17-33-31-26(30-32-33)19-8-10-20(28)11-9-19)25(23-5-3-15-38-23)27(36)29-16-22-4-2-14-37-22/h3,5-13,15,22,25H,2,4,14,16-17H2,1H3,(H,29,36)/t22-,25+/m0/s1. The highest BCUT2D eigenvalue weighted by molar-refractivity contribution is 7.10. The van der Waals surface area contributed by atoms with E-state index in [2.05, 4.69) is 20.7 Å². The lowest BCUT2D eigenvalue weighted by Crippen LogP contribution is -2.46. The van der Waals surface area contributed by atoms with E-state index in [0.717, 1.165) is 28.8 Å². The molecule has 1 aliphatic heterocycles. The maximum Gasteiger partial charge on any atom is 0.251 e. The first-order chi connectivity index (χ1) is 18.5. The van der Waals surface area contributed by atoms with Gasteiger partial charge in [-0.1, -0.05) is 35.4 Å². The lowest BCUT2D eigenvalue weighted by molar-refractivity contribution is -0.127. The Bertz CT molecular complexity index is 1370. The molecule has 2 amide bonds. The normalized spacial score (nSPS) is 15.8. The Balaban J connectivity index is 1.43. The molecule has 1 aliphatic rings. The van der Waals surface area contributed by atoms with Gasteiger partial charge in [0.2, 0.25) is 11.7 Å². The molecule has 38 heavy (non-hydrogen) atoms. The van der Waals surface area contributed by atoms with Gasteiger partial charge in [-0.2, -0.15) is 4.80 Å². The third-order valence-corrected chi connectivity index (χ3v) is 7.44. The van der Waals surface area contributed by atoms with E-state index in [1.165, 1.54) is 21.0 Å². The van der Waals surface area contributed by atoms with E-state index >= 15 is 0 Å². The van der Waals surface area contributed by atoms with Gasteiger partial charge >= 0.3 is 0 Å². The molecule has 196 valence electrons. The number of rotatable bonds is 9. The monoisotopic (exact) mass is 550 g/mol. The van der Waals surface area contributed by atoms with E-state index in [1.807, 2.05) is 48.7 Å². The molecule has 3 heterocycles. The molecule has 2 atom stereocenters. The first-order valence-electron chi connectivity index (χ1n) is 12.3. The number of carbonyl (C=O) groups is 2. The summed E-state index contributed by atoms with van der Waals surface area (Å²) in [6, 6.07) is 17.4. The van der Waals surface area contributed by atoms with Gasteiger partial charge in [0.05, 0.1) is 6.10 Å². The van der Waals surface area contributed by atoms with Crippen LogP contribution in [0.1, 0.15) is 29.3 Å². The zero-order valence-corrected chi connectivity index (χ0v) is 22.4. The van der Waals surface area contributed by atoms with Crippen molar-refractivity contribution in [3.8, 4) is 11.4 Å². The van der Waals surface area contributed by atoms with Crippen molar-refractivity contribution < 1.29 is 14.3 Å². The molecular weight excluding hydrogens is 524 g/mol. The largest absolute Gasteiger partial charge is 0.376 e. The Hall–Kier alpha value is -3.60. The number of nitrogens with one attached hydrogen (secondary N) is 1. The Labute approximate surface area is 229 Å². The number of amides is 2. The highest BCUT2D eigenvalue weighted by Crippen LogP contribution is 2.31. The highest BCUT2D eigenvalue weighted by atomic mass is 35.5. The molecule has 0 aliphatic carbocycles. The summed E-state index contributed by atoms with van der Waals surface area (Å²) in [7, 11) is 0. The Morgan fingerprint density at radius 2 is 1.97 bits per heavy atom. The SMILES string of the molecule is Cc1ccc(N(C(=O)Cn2nnc(-c3ccc(Cl)cc3)n2)[C@@H](C(=O)NC[C@@H]2CCCO2)c2cccs2)cc1. The third kappa shape index (κ3) is 6.09. The maximum absolute atomic E-state index is 13.9. The van der Waals surface area contributed by atoms with Gasteiger partial charge in [0.25, 0.3) is 5.91 Å². The summed E-state index contributed by atoms with van der Waals surface area (Å²) in [6.07, 6.45) is 1.86. The fourth-order valence-electron chi connectivity index (χ4n) is 4.30. The fourth-order valence-corrected chi connectivity index (χ4v) is 5.24. The summed E-state index contributed by atoms with van der Waals surface area (Å²) < 4.78 is 5.68. The van der Waals surface area contributed by atoms with Crippen LogP contribution in [-0.4, -0.2) is 51.3 Å². The maximum atomic E-state index is 13.9. The number of hydrogen-bond donors (Lipinski definition) is 1. The predicted octanol–water partition coefficient (Wildman–Crippen LogP) is 4.43. The van der Waals surface area contributed by atoms with Crippen molar-refractivity contribution in [3.63, 3.8) is 0 Å². The van der Waals surface area contributed by atoms with Crippen molar-refractivity contribution in [2.24, 2.45) is 0 Å². The number of aryl methyl sites for hydroxylation is 1.